The van der Waals surface area contributed by atoms with E-state index in [0.717, 1.165) is 34.1 Å². The second-order valence-electron chi connectivity index (χ2n) is 8.41. The van der Waals surface area contributed by atoms with Crippen molar-refractivity contribution in [1.29, 1.82) is 0 Å². The molecule has 0 N–H and O–H groups in total. The number of hydrogen-bond acceptors (Lipinski definition) is 6. The number of sulfonamides is 1. The lowest BCUT2D eigenvalue weighted by molar-refractivity contribution is 0.433. The van der Waals surface area contributed by atoms with Gasteiger partial charge in [0, 0.05) is 32.6 Å². The van der Waals surface area contributed by atoms with Gasteiger partial charge >= 0.3 is 0 Å². The molecule has 0 unspecified atom stereocenters. The van der Waals surface area contributed by atoms with Crippen molar-refractivity contribution in [3.8, 4) is 5.69 Å². The zero-order chi connectivity index (χ0) is 23.7. The lowest BCUT2D eigenvalue weighted by Crippen LogP contribution is -2.35. The Kier molecular flexibility index (Phi) is 6.05. The van der Waals surface area contributed by atoms with E-state index < -0.39 is 10.0 Å². The number of fused-ring (bicyclic) bond motifs is 1. The fourth-order valence-electron chi connectivity index (χ4n) is 4.43. The number of para-hydroxylation sites is 1. The van der Waals surface area contributed by atoms with Gasteiger partial charge in [0.05, 0.1) is 21.7 Å². The molecule has 1 saturated heterocycles. The van der Waals surface area contributed by atoms with Gasteiger partial charge in [-0.2, -0.15) is 9.40 Å². The van der Waals surface area contributed by atoms with E-state index in [1.54, 1.807) is 28.6 Å². The van der Waals surface area contributed by atoms with Crippen molar-refractivity contribution in [3.63, 3.8) is 0 Å². The molecule has 1 aliphatic heterocycles. The first kappa shape index (κ1) is 22.5. The van der Waals surface area contributed by atoms with Crippen molar-refractivity contribution in [3.05, 3.63) is 72.2 Å². The topological polar surface area (TPSA) is 84.2 Å². The highest BCUT2D eigenvalue weighted by Gasteiger charge is 2.29. The molecule has 0 atom stereocenters. The Hall–Kier alpha value is -3.30. The fourth-order valence-corrected chi connectivity index (χ4v) is 5.92. The van der Waals surface area contributed by atoms with Crippen molar-refractivity contribution < 1.29 is 8.42 Å². The normalized spacial score (nSPS) is 15.5. The van der Waals surface area contributed by atoms with Gasteiger partial charge in [-0.25, -0.2) is 23.1 Å². The molecular weight excluding hydrogens is 448 g/mol. The Morgan fingerprint density at radius 3 is 2.29 bits per heavy atom. The minimum Gasteiger partial charge on any atom is -0.355 e. The van der Waals surface area contributed by atoms with Crippen molar-refractivity contribution in [1.82, 2.24) is 24.1 Å². The van der Waals surface area contributed by atoms with E-state index in [4.69, 9.17) is 15.1 Å². The Bertz CT molecular complexity index is 1400. The summed E-state index contributed by atoms with van der Waals surface area (Å²) in [5.41, 5.74) is 2.58. The molecule has 2 aromatic carbocycles. The zero-order valence-corrected chi connectivity index (χ0v) is 20.2. The number of anilines is 1. The van der Waals surface area contributed by atoms with Crippen LogP contribution in [0.15, 0.2) is 65.6 Å². The van der Waals surface area contributed by atoms with E-state index in [1.807, 2.05) is 54.9 Å². The van der Waals surface area contributed by atoms with Gasteiger partial charge in [0.1, 0.15) is 11.6 Å². The first-order chi connectivity index (χ1) is 16.5. The maximum Gasteiger partial charge on any atom is 0.243 e. The van der Waals surface area contributed by atoms with E-state index in [-0.39, 0.29) is 0 Å². The predicted octanol–water partition coefficient (Wildman–Crippen LogP) is 3.59. The largest absolute Gasteiger partial charge is 0.355 e. The minimum atomic E-state index is -3.53. The van der Waals surface area contributed by atoms with Crippen LogP contribution in [0.5, 0.6) is 0 Å². The Labute approximate surface area is 199 Å². The van der Waals surface area contributed by atoms with Crippen molar-refractivity contribution in [2.75, 3.05) is 31.1 Å². The van der Waals surface area contributed by atoms with E-state index >= 15 is 0 Å². The third-order valence-corrected chi connectivity index (χ3v) is 8.09. The summed E-state index contributed by atoms with van der Waals surface area (Å²) < 4.78 is 29.8. The summed E-state index contributed by atoms with van der Waals surface area (Å²) in [6, 6.07) is 18.6. The van der Waals surface area contributed by atoms with Crippen LogP contribution in [0.25, 0.3) is 16.7 Å². The quantitative estimate of drug-likeness (QED) is 0.438. The van der Waals surface area contributed by atoms with Gasteiger partial charge < -0.3 is 4.90 Å². The van der Waals surface area contributed by atoms with Crippen LogP contribution >= 0.6 is 0 Å². The van der Waals surface area contributed by atoms with Gasteiger partial charge in [-0.05, 0) is 37.6 Å². The monoisotopic (exact) mass is 476 g/mol. The molecule has 1 fully saturated rings. The maximum atomic E-state index is 13.2. The number of nitrogens with zero attached hydrogens (tertiary/aromatic N) is 6. The number of aromatic nitrogens is 4. The standard InChI is InChI=1S/C25H28N6O2S/c1-3-22-26-24(23-19(2)28-31(25(23)27-22)20-11-6-4-7-12-20)29-15-10-16-30(18-17-29)34(32,33)21-13-8-5-9-14-21/h4-9,11-14H,3,10,15-18H2,1-2H3. The van der Waals surface area contributed by atoms with Gasteiger partial charge in [0.2, 0.25) is 10.0 Å². The first-order valence-electron chi connectivity index (χ1n) is 11.6. The average Bonchev–Trinajstić information content (AvgIpc) is 3.04. The highest BCUT2D eigenvalue weighted by molar-refractivity contribution is 7.89. The lowest BCUT2D eigenvalue weighted by Gasteiger charge is -2.23. The minimum absolute atomic E-state index is 0.334. The molecule has 0 spiro atoms. The summed E-state index contributed by atoms with van der Waals surface area (Å²) in [7, 11) is -3.53. The Balaban J connectivity index is 1.52. The molecule has 0 radical (unpaired) electrons. The van der Waals surface area contributed by atoms with Crippen LogP contribution < -0.4 is 4.90 Å². The van der Waals surface area contributed by atoms with Crippen LogP contribution in [-0.4, -0.2) is 58.7 Å². The molecule has 9 heteroatoms. The molecule has 0 amide bonds. The van der Waals surface area contributed by atoms with E-state index in [9.17, 15) is 8.42 Å². The molecule has 0 bridgehead atoms. The molecule has 1 aliphatic rings. The molecular formula is C25H28N6O2S. The molecule has 2 aromatic heterocycles. The lowest BCUT2D eigenvalue weighted by atomic mass is 10.2. The molecule has 5 rings (SSSR count). The predicted molar refractivity (Wildman–Crippen MR) is 133 cm³/mol. The van der Waals surface area contributed by atoms with Crippen LogP contribution in [-0.2, 0) is 16.4 Å². The van der Waals surface area contributed by atoms with Crippen LogP contribution in [0.1, 0.15) is 24.9 Å². The molecule has 3 heterocycles. The van der Waals surface area contributed by atoms with E-state index in [0.29, 0.717) is 43.9 Å². The van der Waals surface area contributed by atoms with Crippen LogP contribution in [0, 0.1) is 6.92 Å². The van der Waals surface area contributed by atoms with Gasteiger partial charge in [0.25, 0.3) is 0 Å². The zero-order valence-electron chi connectivity index (χ0n) is 19.4. The molecule has 0 aliphatic carbocycles. The highest BCUT2D eigenvalue weighted by Crippen LogP contribution is 2.30. The molecule has 176 valence electrons. The second kappa shape index (κ2) is 9.15. The number of aryl methyl sites for hydroxylation is 2. The van der Waals surface area contributed by atoms with Gasteiger partial charge in [0.15, 0.2) is 5.65 Å². The summed E-state index contributed by atoms with van der Waals surface area (Å²) in [6.07, 6.45) is 1.41. The van der Waals surface area contributed by atoms with Crippen LogP contribution in [0.3, 0.4) is 0 Å². The number of hydrogen-bond donors (Lipinski definition) is 0. The maximum absolute atomic E-state index is 13.2. The highest BCUT2D eigenvalue weighted by atomic mass is 32.2. The third-order valence-electron chi connectivity index (χ3n) is 6.18. The summed E-state index contributed by atoms with van der Waals surface area (Å²) in [5, 5.41) is 5.71. The van der Waals surface area contributed by atoms with Crippen molar-refractivity contribution in [2.24, 2.45) is 0 Å². The summed E-state index contributed by atoms with van der Waals surface area (Å²) in [4.78, 5) is 12.2. The van der Waals surface area contributed by atoms with Crippen molar-refractivity contribution >= 4 is 26.9 Å². The molecule has 4 aromatic rings. The van der Waals surface area contributed by atoms with Gasteiger partial charge in [-0.15, -0.1) is 0 Å². The molecule has 0 saturated carbocycles. The van der Waals surface area contributed by atoms with Gasteiger partial charge in [-0.3, -0.25) is 0 Å². The van der Waals surface area contributed by atoms with E-state index in [2.05, 4.69) is 4.90 Å². The van der Waals surface area contributed by atoms with Crippen LogP contribution in [0.4, 0.5) is 5.82 Å². The summed E-state index contributed by atoms with van der Waals surface area (Å²) in [6.45, 7) is 6.16. The Morgan fingerprint density at radius 2 is 1.59 bits per heavy atom. The third kappa shape index (κ3) is 4.05. The van der Waals surface area contributed by atoms with Crippen LogP contribution in [0.2, 0.25) is 0 Å². The molecule has 8 nitrogen and oxygen atoms in total. The summed E-state index contributed by atoms with van der Waals surface area (Å²) in [5.74, 6) is 1.58. The average molecular weight is 477 g/mol. The Morgan fingerprint density at radius 1 is 0.882 bits per heavy atom. The number of benzene rings is 2. The second-order valence-corrected chi connectivity index (χ2v) is 10.3. The fraction of sp³-hybridized carbons (Fsp3) is 0.320. The smallest absolute Gasteiger partial charge is 0.243 e. The van der Waals surface area contributed by atoms with E-state index in [1.165, 1.54) is 0 Å². The number of rotatable bonds is 5. The van der Waals surface area contributed by atoms with Gasteiger partial charge in [-0.1, -0.05) is 43.3 Å². The first-order valence-corrected chi connectivity index (χ1v) is 13.0. The SMILES string of the molecule is CCc1nc(N2CCCN(S(=O)(=O)c3ccccc3)CC2)c2c(C)nn(-c3ccccc3)c2n1. The molecule has 34 heavy (non-hydrogen) atoms. The van der Waals surface area contributed by atoms with Crippen molar-refractivity contribution in [2.45, 2.75) is 31.6 Å². The summed E-state index contributed by atoms with van der Waals surface area (Å²) >= 11 is 0.